The highest BCUT2D eigenvalue weighted by Gasteiger charge is 2.14. The number of benzene rings is 1. The Morgan fingerprint density at radius 1 is 1.26 bits per heavy atom. The second-order valence-electron chi connectivity index (χ2n) is 5.13. The van der Waals surface area contributed by atoms with Crippen LogP contribution in [0.4, 0.5) is 4.39 Å². The highest BCUT2D eigenvalue weighted by atomic mass is 19.1. The Hall–Kier alpha value is -1.39. The molecule has 2 aromatic rings. The number of halogens is 1. The minimum Gasteiger partial charge on any atom is -0.347 e. The predicted octanol–water partition coefficient (Wildman–Crippen LogP) is 2.21. The van der Waals surface area contributed by atoms with Gasteiger partial charge in [-0.2, -0.15) is 0 Å². The van der Waals surface area contributed by atoms with Gasteiger partial charge in [-0.05, 0) is 30.7 Å². The quantitative estimate of drug-likeness (QED) is 0.914. The van der Waals surface area contributed by atoms with Crippen molar-refractivity contribution in [3.8, 4) is 0 Å². The fourth-order valence-corrected chi connectivity index (χ4v) is 2.84. The second kappa shape index (κ2) is 5.31. The Morgan fingerprint density at radius 2 is 2.05 bits per heavy atom. The molecule has 2 heterocycles. The maximum Gasteiger partial charge on any atom is 0.125 e. The molecule has 1 aliphatic rings. The molecule has 1 aliphatic heterocycles. The molecule has 0 unspecified atom stereocenters. The first-order chi connectivity index (χ1) is 9.28. The van der Waals surface area contributed by atoms with Crippen molar-refractivity contribution in [3.63, 3.8) is 0 Å². The summed E-state index contributed by atoms with van der Waals surface area (Å²) in [5.74, 6) is -0.158. The second-order valence-corrected chi connectivity index (χ2v) is 5.13. The summed E-state index contributed by atoms with van der Waals surface area (Å²) >= 11 is 0. The molecule has 1 N–H and O–H groups in total. The Bertz CT molecular complexity index is 570. The number of nitrogens with one attached hydrogen (secondary N) is 1. The van der Waals surface area contributed by atoms with Gasteiger partial charge < -0.3 is 9.88 Å². The molecule has 0 radical (unpaired) electrons. The number of piperazine rings is 1. The normalized spacial score (nSPS) is 17.2. The van der Waals surface area contributed by atoms with Crippen LogP contribution in [0, 0.1) is 5.82 Å². The van der Waals surface area contributed by atoms with E-state index in [0.717, 1.165) is 44.8 Å². The summed E-state index contributed by atoms with van der Waals surface area (Å²) in [5, 5.41) is 4.55. The number of rotatable bonds is 3. The van der Waals surface area contributed by atoms with Crippen molar-refractivity contribution < 1.29 is 4.39 Å². The molecular formula is C15H20FN3. The van der Waals surface area contributed by atoms with Crippen LogP contribution in [-0.2, 0) is 13.1 Å². The zero-order valence-corrected chi connectivity index (χ0v) is 11.3. The molecule has 3 nitrogen and oxygen atoms in total. The summed E-state index contributed by atoms with van der Waals surface area (Å²) < 4.78 is 15.5. The molecule has 0 saturated carbocycles. The summed E-state index contributed by atoms with van der Waals surface area (Å²) in [4.78, 5) is 2.45. The van der Waals surface area contributed by atoms with Gasteiger partial charge in [0.1, 0.15) is 5.82 Å². The van der Waals surface area contributed by atoms with E-state index in [-0.39, 0.29) is 5.82 Å². The van der Waals surface area contributed by atoms with Gasteiger partial charge in [0, 0.05) is 50.9 Å². The zero-order valence-electron chi connectivity index (χ0n) is 11.3. The van der Waals surface area contributed by atoms with Crippen LogP contribution in [0.15, 0.2) is 24.4 Å². The van der Waals surface area contributed by atoms with E-state index in [0.29, 0.717) is 0 Å². The van der Waals surface area contributed by atoms with E-state index in [2.05, 4.69) is 27.9 Å². The predicted molar refractivity (Wildman–Crippen MR) is 75.7 cm³/mol. The van der Waals surface area contributed by atoms with Crippen LogP contribution in [0.2, 0.25) is 0 Å². The van der Waals surface area contributed by atoms with Crippen LogP contribution in [0.3, 0.4) is 0 Å². The fraction of sp³-hybridized carbons (Fsp3) is 0.467. The third-order valence-electron chi connectivity index (χ3n) is 3.87. The molecule has 0 aliphatic carbocycles. The maximum atomic E-state index is 13.4. The van der Waals surface area contributed by atoms with E-state index in [4.69, 9.17) is 0 Å². The highest BCUT2D eigenvalue weighted by molar-refractivity contribution is 5.84. The molecule has 1 fully saturated rings. The summed E-state index contributed by atoms with van der Waals surface area (Å²) in [7, 11) is 0. The molecular weight excluding hydrogens is 241 g/mol. The van der Waals surface area contributed by atoms with Crippen LogP contribution < -0.4 is 5.32 Å². The Balaban J connectivity index is 1.94. The van der Waals surface area contributed by atoms with Gasteiger partial charge in [-0.25, -0.2) is 4.39 Å². The number of hydrogen-bond donors (Lipinski definition) is 1. The average molecular weight is 261 g/mol. The van der Waals surface area contributed by atoms with E-state index in [1.54, 1.807) is 12.1 Å². The van der Waals surface area contributed by atoms with Crippen molar-refractivity contribution in [2.75, 3.05) is 26.2 Å². The molecule has 102 valence electrons. The molecule has 0 spiro atoms. The van der Waals surface area contributed by atoms with Crippen molar-refractivity contribution in [3.05, 3.63) is 35.8 Å². The van der Waals surface area contributed by atoms with Crippen molar-refractivity contribution in [1.82, 2.24) is 14.8 Å². The third-order valence-corrected chi connectivity index (χ3v) is 3.87. The van der Waals surface area contributed by atoms with Crippen LogP contribution in [0.1, 0.15) is 12.5 Å². The topological polar surface area (TPSA) is 20.2 Å². The van der Waals surface area contributed by atoms with Gasteiger partial charge in [0.05, 0.1) is 5.52 Å². The standard InChI is InChI=1S/C15H20FN3/c1-2-19-11-12(10-18-7-5-17-6-8-18)14-4-3-13(16)9-15(14)19/h3-4,9,11,17H,2,5-8,10H2,1H3. The Kier molecular flexibility index (Phi) is 3.53. The maximum absolute atomic E-state index is 13.4. The van der Waals surface area contributed by atoms with Crippen LogP contribution >= 0.6 is 0 Å². The van der Waals surface area contributed by atoms with E-state index in [1.165, 1.54) is 10.9 Å². The average Bonchev–Trinajstić information content (AvgIpc) is 2.77. The largest absolute Gasteiger partial charge is 0.347 e. The molecule has 1 aromatic carbocycles. The van der Waals surface area contributed by atoms with Gasteiger partial charge in [0.15, 0.2) is 0 Å². The number of aromatic nitrogens is 1. The van der Waals surface area contributed by atoms with Crippen LogP contribution in [0.5, 0.6) is 0 Å². The summed E-state index contributed by atoms with van der Waals surface area (Å²) in [5.41, 5.74) is 2.31. The van der Waals surface area contributed by atoms with Crippen molar-refractivity contribution in [2.45, 2.75) is 20.0 Å². The lowest BCUT2D eigenvalue weighted by molar-refractivity contribution is 0.234. The van der Waals surface area contributed by atoms with Gasteiger partial charge in [-0.1, -0.05) is 0 Å². The van der Waals surface area contributed by atoms with E-state index >= 15 is 0 Å². The first kappa shape index (κ1) is 12.6. The Labute approximate surface area is 113 Å². The van der Waals surface area contributed by atoms with E-state index in [1.807, 2.05) is 6.07 Å². The van der Waals surface area contributed by atoms with Gasteiger partial charge in [-0.15, -0.1) is 0 Å². The lowest BCUT2D eigenvalue weighted by atomic mass is 10.1. The van der Waals surface area contributed by atoms with Crippen molar-refractivity contribution in [1.29, 1.82) is 0 Å². The smallest absolute Gasteiger partial charge is 0.125 e. The highest BCUT2D eigenvalue weighted by Crippen LogP contribution is 2.24. The van der Waals surface area contributed by atoms with E-state index < -0.39 is 0 Å². The molecule has 19 heavy (non-hydrogen) atoms. The van der Waals surface area contributed by atoms with Gasteiger partial charge in [0.2, 0.25) is 0 Å². The molecule has 1 saturated heterocycles. The van der Waals surface area contributed by atoms with Crippen LogP contribution in [-0.4, -0.2) is 35.6 Å². The number of fused-ring (bicyclic) bond motifs is 1. The van der Waals surface area contributed by atoms with Gasteiger partial charge >= 0.3 is 0 Å². The van der Waals surface area contributed by atoms with E-state index in [9.17, 15) is 4.39 Å². The molecule has 0 bridgehead atoms. The molecule has 1 aromatic heterocycles. The lowest BCUT2D eigenvalue weighted by Gasteiger charge is -2.26. The number of aryl methyl sites for hydroxylation is 1. The molecule has 3 rings (SSSR count). The van der Waals surface area contributed by atoms with Crippen LogP contribution in [0.25, 0.3) is 10.9 Å². The Morgan fingerprint density at radius 3 is 2.79 bits per heavy atom. The zero-order chi connectivity index (χ0) is 13.2. The third kappa shape index (κ3) is 2.51. The molecule has 4 heteroatoms. The monoisotopic (exact) mass is 261 g/mol. The van der Waals surface area contributed by atoms with Crippen molar-refractivity contribution >= 4 is 10.9 Å². The fourth-order valence-electron chi connectivity index (χ4n) is 2.84. The first-order valence-corrected chi connectivity index (χ1v) is 6.98. The van der Waals surface area contributed by atoms with Gasteiger partial charge in [0.25, 0.3) is 0 Å². The minimum atomic E-state index is -0.158. The molecule has 0 atom stereocenters. The minimum absolute atomic E-state index is 0.158. The summed E-state index contributed by atoms with van der Waals surface area (Å²) in [6.45, 7) is 8.21. The summed E-state index contributed by atoms with van der Waals surface area (Å²) in [6.07, 6.45) is 2.17. The number of hydrogen-bond acceptors (Lipinski definition) is 2. The molecule has 0 amide bonds. The first-order valence-electron chi connectivity index (χ1n) is 6.98. The summed E-state index contributed by atoms with van der Waals surface area (Å²) in [6, 6.07) is 5.11. The number of nitrogens with zero attached hydrogens (tertiary/aromatic N) is 2. The van der Waals surface area contributed by atoms with Gasteiger partial charge in [-0.3, -0.25) is 4.90 Å². The SMILES string of the molecule is CCn1cc(CN2CCNCC2)c2ccc(F)cc21. The van der Waals surface area contributed by atoms with Crippen molar-refractivity contribution in [2.24, 2.45) is 0 Å². The lowest BCUT2D eigenvalue weighted by Crippen LogP contribution is -2.42.